The summed E-state index contributed by atoms with van der Waals surface area (Å²) in [6.07, 6.45) is 0. The second-order valence-corrected chi connectivity index (χ2v) is 6.50. The van der Waals surface area contributed by atoms with Crippen molar-refractivity contribution in [3.63, 3.8) is 0 Å². The molecule has 1 rings (SSSR count). The molecule has 0 aromatic carbocycles. The van der Waals surface area contributed by atoms with Crippen molar-refractivity contribution >= 4 is 53.2 Å². The fourth-order valence-electron chi connectivity index (χ4n) is 0.580. The van der Waals surface area contributed by atoms with Crippen LogP contribution in [-0.4, -0.2) is 15.5 Å². The summed E-state index contributed by atoms with van der Waals surface area (Å²) in [4.78, 5) is 0. The normalized spacial score (nSPS) is 11.9. The first-order chi connectivity index (χ1) is 5.49. The molecule has 1 aromatic heterocycles. The molecule has 0 amide bonds. The van der Waals surface area contributed by atoms with E-state index in [9.17, 15) is 8.42 Å². The van der Waals surface area contributed by atoms with Crippen molar-refractivity contribution in [1.82, 2.24) is 4.72 Å². The largest absolute Gasteiger partial charge is 0.250 e. The van der Waals surface area contributed by atoms with Crippen molar-refractivity contribution in [2.24, 2.45) is 0 Å². The Bertz CT molecular complexity index is 384. The van der Waals surface area contributed by atoms with Gasteiger partial charge in [-0.1, -0.05) is 0 Å². The van der Waals surface area contributed by atoms with Gasteiger partial charge in [0.05, 0.1) is 4.47 Å². The number of rotatable bonds is 2. The molecule has 0 saturated carbocycles. The lowest BCUT2D eigenvalue weighted by atomic mass is 10.7. The first kappa shape index (κ1) is 10.6. The maximum atomic E-state index is 11.3. The second-order valence-electron chi connectivity index (χ2n) is 1.89. The number of hydrogen-bond acceptors (Lipinski definition) is 3. The van der Waals surface area contributed by atoms with Crippen LogP contribution < -0.4 is 4.72 Å². The maximum Gasteiger partial charge on any atom is 0.250 e. The average molecular weight is 335 g/mol. The van der Waals surface area contributed by atoms with Gasteiger partial charge in [-0.25, -0.2) is 13.1 Å². The van der Waals surface area contributed by atoms with E-state index in [1.165, 1.54) is 7.05 Å². The van der Waals surface area contributed by atoms with E-state index in [4.69, 9.17) is 0 Å². The Labute approximate surface area is 91.5 Å². The fraction of sp³-hybridized carbons (Fsp3) is 0.200. The third-order valence-corrected chi connectivity index (χ3v) is 6.93. The van der Waals surface area contributed by atoms with E-state index in [1.54, 1.807) is 5.38 Å². The Morgan fingerprint density at radius 1 is 1.50 bits per heavy atom. The molecule has 3 nitrogen and oxygen atoms in total. The zero-order chi connectivity index (χ0) is 9.35. The Balaban J connectivity index is 3.30. The van der Waals surface area contributed by atoms with Gasteiger partial charge in [-0.3, -0.25) is 0 Å². The third-order valence-electron chi connectivity index (χ3n) is 1.17. The van der Waals surface area contributed by atoms with Gasteiger partial charge in [-0.05, 0) is 38.9 Å². The Kier molecular flexibility index (Phi) is 3.33. The summed E-state index contributed by atoms with van der Waals surface area (Å²) in [7, 11) is -1.93. The third kappa shape index (κ3) is 1.90. The molecule has 7 heteroatoms. The number of nitrogens with one attached hydrogen (secondary N) is 1. The minimum atomic E-state index is -3.32. The van der Waals surface area contributed by atoms with Gasteiger partial charge < -0.3 is 0 Å². The first-order valence-corrected chi connectivity index (χ1v) is 6.80. The van der Waals surface area contributed by atoms with Crippen LogP contribution in [0.3, 0.4) is 0 Å². The molecule has 1 N–H and O–H groups in total. The van der Waals surface area contributed by atoms with Crippen molar-refractivity contribution in [2.45, 2.75) is 4.21 Å². The van der Waals surface area contributed by atoms with Crippen molar-refractivity contribution in [3.05, 3.63) is 14.3 Å². The summed E-state index contributed by atoms with van der Waals surface area (Å²) in [6, 6.07) is 0. The molecular formula is C5H5Br2NO2S2. The molecule has 0 aliphatic carbocycles. The Morgan fingerprint density at radius 2 is 2.08 bits per heavy atom. The molecule has 0 aliphatic rings. The van der Waals surface area contributed by atoms with E-state index < -0.39 is 10.0 Å². The lowest BCUT2D eigenvalue weighted by Gasteiger charge is -1.98. The van der Waals surface area contributed by atoms with Crippen molar-refractivity contribution < 1.29 is 8.42 Å². The highest BCUT2D eigenvalue weighted by Crippen LogP contribution is 2.35. The van der Waals surface area contributed by atoms with Gasteiger partial charge in [0.1, 0.15) is 4.21 Å². The monoisotopic (exact) mass is 333 g/mol. The number of sulfonamides is 1. The molecule has 0 unspecified atom stereocenters. The minimum absolute atomic E-state index is 0.289. The van der Waals surface area contributed by atoms with Crippen LogP contribution in [0.15, 0.2) is 18.5 Å². The lowest BCUT2D eigenvalue weighted by molar-refractivity contribution is 0.590. The summed E-state index contributed by atoms with van der Waals surface area (Å²) in [5, 5.41) is 1.72. The summed E-state index contributed by atoms with van der Waals surface area (Å²) in [5.74, 6) is 0. The molecule has 0 spiro atoms. The van der Waals surface area contributed by atoms with Crippen molar-refractivity contribution in [2.75, 3.05) is 7.05 Å². The van der Waals surface area contributed by atoms with Gasteiger partial charge in [0.15, 0.2) is 0 Å². The van der Waals surface area contributed by atoms with E-state index in [0.717, 1.165) is 15.8 Å². The summed E-state index contributed by atoms with van der Waals surface area (Å²) < 4.78 is 26.4. The average Bonchev–Trinajstić information content (AvgIpc) is 2.33. The SMILES string of the molecule is CNS(=O)(=O)c1scc(Br)c1Br. The number of halogens is 2. The predicted molar refractivity (Wildman–Crippen MR) is 56.0 cm³/mol. The highest BCUT2D eigenvalue weighted by atomic mass is 79.9. The quantitative estimate of drug-likeness (QED) is 0.901. The lowest BCUT2D eigenvalue weighted by Crippen LogP contribution is -2.17. The van der Waals surface area contributed by atoms with E-state index in [1.807, 2.05) is 0 Å². The molecule has 1 aromatic rings. The van der Waals surface area contributed by atoms with Crippen LogP contribution in [0.2, 0.25) is 0 Å². The van der Waals surface area contributed by atoms with Crippen LogP contribution in [0.5, 0.6) is 0 Å². The highest BCUT2D eigenvalue weighted by Gasteiger charge is 2.19. The van der Waals surface area contributed by atoms with Crippen LogP contribution in [0.25, 0.3) is 0 Å². The maximum absolute atomic E-state index is 11.3. The zero-order valence-corrected chi connectivity index (χ0v) is 10.8. The summed E-state index contributed by atoms with van der Waals surface area (Å²) in [5.41, 5.74) is 0. The highest BCUT2D eigenvalue weighted by molar-refractivity contribution is 9.13. The Morgan fingerprint density at radius 3 is 2.42 bits per heavy atom. The summed E-state index contributed by atoms with van der Waals surface area (Å²) >= 11 is 7.54. The number of hydrogen-bond donors (Lipinski definition) is 1. The molecule has 0 saturated heterocycles. The van der Waals surface area contributed by atoms with Crippen molar-refractivity contribution in [3.8, 4) is 0 Å². The fourth-order valence-corrected chi connectivity index (χ4v) is 4.48. The van der Waals surface area contributed by atoms with Gasteiger partial charge in [0.2, 0.25) is 0 Å². The molecule has 0 atom stereocenters. The van der Waals surface area contributed by atoms with E-state index in [0.29, 0.717) is 4.47 Å². The molecule has 12 heavy (non-hydrogen) atoms. The predicted octanol–water partition coefficient (Wildman–Crippen LogP) is 2.18. The smallest absolute Gasteiger partial charge is 0.214 e. The molecule has 0 bridgehead atoms. The molecule has 68 valence electrons. The Hall–Kier alpha value is 0.570. The zero-order valence-electron chi connectivity index (χ0n) is 5.97. The van der Waals surface area contributed by atoms with Crippen LogP contribution in [-0.2, 0) is 10.0 Å². The number of thiophene rings is 1. The second kappa shape index (κ2) is 3.75. The molecule has 0 aliphatic heterocycles. The van der Waals surface area contributed by atoms with E-state index >= 15 is 0 Å². The standard InChI is InChI=1S/C5H5Br2NO2S2/c1-8-12(9,10)5-4(7)3(6)2-11-5/h2,8H,1H3. The van der Waals surface area contributed by atoms with E-state index in [2.05, 4.69) is 36.6 Å². The molecule has 0 radical (unpaired) electrons. The van der Waals surface area contributed by atoms with Crippen LogP contribution in [0.1, 0.15) is 0 Å². The van der Waals surface area contributed by atoms with E-state index in [-0.39, 0.29) is 4.21 Å². The van der Waals surface area contributed by atoms with Gasteiger partial charge in [-0.15, -0.1) is 11.3 Å². The van der Waals surface area contributed by atoms with Gasteiger partial charge in [-0.2, -0.15) is 0 Å². The van der Waals surface area contributed by atoms with Crippen LogP contribution >= 0.6 is 43.2 Å². The van der Waals surface area contributed by atoms with Crippen LogP contribution in [0, 0.1) is 0 Å². The molecular weight excluding hydrogens is 330 g/mol. The van der Waals surface area contributed by atoms with Gasteiger partial charge in [0, 0.05) is 9.85 Å². The van der Waals surface area contributed by atoms with Gasteiger partial charge >= 0.3 is 0 Å². The van der Waals surface area contributed by atoms with Crippen LogP contribution in [0.4, 0.5) is 0 Å². The first-order valence-electron chi connectivity index (χ1n) is 2.85. The summed E-state index contributed by atoms with van der Waals surface area (Å²) in [6.45, 7) is 0. The minimum Gasteiger partial charge on any atom is -0.214 e. The molecule has 1 heterocycles. The van der Waals surface area contributed by atoms with Crippen molar-refractivity contribution in [1.29, 1.82) is 0 Å². The topological polar surface area (TPSA) is 46.2 Å². The molecule has 0 fully saturated rings. The van der Waals surface area contributed by atoms with Gasteiger partial charge in [0.25, 0.3) is 10.0 Å².